The lowest BCUT2D eigenvalue weighted by Crippen LogP contribution is -2.25. The van der Waals surface area contributed by atoms with Gasteiger partial charge in [0.2, 0.25) is 0 Å². The van der Waals surface area contributed by atoms with Gasteiger partial charge in [-0.2, -0.15) is 0 Å². The van der Waals surface area contributed by atoms with Gasteiger partial charge in [-0.15, -0.1) is 11.3 Å². The van der Waals surface area contributed by atoms with Crippen LogP contribution in [0.25, 0.3) is 0 Å². The van der Waals surface area contributed by atoms with E-state index in [1.54, 1.807) is 0 Å². The minimum absolute atomic E-state index is 0.968. The molecule has 0 aliphatic heterocycles. The molecule has 0 aromatic carbocycles. The third-order valence-electron chi connectivity index (χ3n) is 4.18. The topological polar surface area (TPSA) is 24.9 Å². The number of nitrogens with one attached hydrogen (secondary N) is 1. The van der Waals surface area contributed by atoms with E-state index in [2.05, 4.69) is 24.1 Å². The molecule has 1 heterocycles. The summed E-state index contributed by atoms with van der Waals surface area (Å²) in [6, 6.07) is 0. The van der Waals surface area contributed by atoms with Gasteiger partial charge in [0, 0.05) is 11.4 Å². The predicted octanol–water partition coefficient (Wildman–Crippen LogP) is 3.29. The van der Waals surface area contributed by atoms with E-state index >= 15 is 0 Å². The van der Waals surface area contributed by atoms with E-state index in [4.69, 9.17) is 0 Å². The Morgan fingerprint density at radius 2 is 1.88 bits per heavy atom. The Morgan fingerprint density at radius 3 is 2.35 bits per heavy atom. The fourth-order valence-corrected chi connectivity index (χ4v) is 3.63. The van der Waals surface area contributed by atoms with Crippen molar-refractivity contribution in [2.45, 2.75) is 46.1 Å². The summed E-state index contributed by atoms with van der Waals surface area (Å²) in [6.45, 7) is 6.45. The third kappa shape index (κ3) is 2.89. The first-order valence-corrected chi connectivity index (χ1v) is 7.69. The molecule has 1 aromatic heterocycles. The molecule has 2 saturated carbocycles. The van der Waals surface area contributed by atoms with Gasteiger partial charge >= 0.3 is 0 Å². The summed E-state index contributed by atoms with van der Waals surface area (Å²) in [5.74, 6) is 3.07. The molecule has 0 saturated heterocycles. The highest BCUT2D eigenvalue weighted by molar-refractivity contribution is 7.11. The first-order chi connectivity index (χ1) is 8.24. The van der Waals surface area contributed by atoms with Crippen molar-refractivity contribution >= 4 is 11.3 Å². The van der Waals surface area contributed by atoms with Crippen LogP contribution < -0.4 is 5.32 Å². The smallest absolute Gasteiger partial charge is 0.107 e. The zero-order valence-corrected chi connectivity index (χ0v) is 11.6. The molecule has 0 spiro atoms. The van der Waals surface area contributed by atoms with Crippen LogP contribution >= 0.6 is 11.3 Å². The molecule has 0 bridgehead atoms. The van der Waals surface area contributed by atoms with E-state index in [1.807, 2.05) is 11.3 Å². The average molecular weight is 250 g/mol. The molecule has 2 nitrogen and oxygen atoms in total. The Hall–Kier alpha value is -0.410. The number of hydrogen-bond donors (Lipinski definition) is 1. The Labute approximate surface area is 108 Å². The molecule has 94 valence electrons. The van der Waals surface area contributed by atoms with Crippen molar-refractivity contribution < 1.29 is 0 Å². The van der Waals surface area contributed by atoms with Crippen LogP contribution in [-0.4, -0.2) is 11.5 Å². The Balaban J connectivity index is 1.47. The number of rotatable bonds is 6. The number of nitrogens with zero attached hydrogens (tertiary/aromatic N) is 1. The first-order valence-electron chi connectivity index (χ1n) is 6.87. The van der Waals surface area contributed by atoms with E-state index in [0.29, 0.717) is 0 Å². The van der Waals surface area contributed by atoms with E-state index < -0.39 is 0 Å². The van der Waals surface area contributed by atoms with E-state index in [1.165, 1.54) is 47.8 Å². The second kappa shape index (κ2) is 4.69. The summed E-state index contributed by atoms with van der Waals surface area (Å²) < 4.78 is 0. The Bertz CT molecular complexity index is 359. The number of hydrogen-bond acceptors (Lipinski definition) is 3. The minimum Gasteiger partial charge on any atom is -0.310 e. The predicted molar refractivity (Wildman–Crippen MR) is 72.2 cm³/mol. The minimum atomic E-state index is 0.968. The monoisotopic (exact) mass is 250 g/mol. The maximum Gasteiger partial charge on any atom is 0.107 e. The molecule has 0 amide bonds. The van der Waals surface area contributed by atoms with Crippen molar-refractivity contribution in [3.8, 4) is 0 Å². The summed E-state index contributed by atoms with van der Waals surface area (Å²) >= 11 is 1.84. The highest BCUT2D eigenvalue weighted by atomic mass is 32.1. The fourth-order valence-electron chi connectivity index (χ4n) is 2.73. The maximum absolute atomic E-state index is 4.58. The van der Waals surface area contributed by atoms with Crippen LogP contribution in [0.1, 0.15) is 41.3 Å². The van der Waals surface area contributed by atoms with Crippen LogP contribution in [0.2, 0.25) is 0 Å². The van der Waals surface area contributed by atoms with Gasteiger partial charge in [-0.25, -0.2) is 4.98 Å². The molecule has 0 atom stereocenters. The molecule has 2 aliphatic carbocycles. The standard InChI is InChI=1S/C14H22N2S/c1-9-10(2)17-14(16-9)8-15-7-13(11-3-4-11)12-5-6-12/h11-13,15H,3-8H2,1-2H3. The van der Waals surface area contributed by atoms with Crippen molar-refractivity contribution in [1.29, 1.82) is 0 Å². The number of thiazole rings is 1. The van der Waals surface area contributed by atoms with Gasteiger partial charge in [-0.1, -0.05) is 0 Å². The van der Waals surface area contributed by atoms with Gasteiger partial charge in [0.25, 0.3) is 0 Å². The van der Waals surface area contributed by atoms with Crippen LogP contribution in [0, 0.1) is 31.6 Å². The summed E-state index contributed by atoms with van der Waals surface area (Å²) in [4.78, 5) is 5.95. The SMILES string of the molecule is Cc1nc(CNCC(C2CC2)C2CC2)sc1C. The van der Waals surface area contributed by atoms with Gasteiger partial charge in [-0.3, -0.25) is 0 Å². The summed E-state index contributed by atoms with van der Waals surface area (Å²) in [7, 11) is 0. The van der Waals surface area contributed by atoms with Crippen LogP contribution in [0.4, 0.5) is 0 Å². The van der Waals surface area contributed by atoms with Crippen molar-refractivity contribution in [3.05, 3.63) is 15.6 Å². The van der Waals surface area contributed by atoms with E-state index in [-0.39, 0.29) is 0 Å². The van der Waals surface area contributed by atoms with Crippen molar-refractivity contribution in [3.63, 3.8) is 0 Å². The van der Waals surface area contributed by atoms with Gasteiger partial charge in [-0.05, 0) is 63.8 Å². The fraction of sp³-hybridized carbons (Fsp3) is 0.786. The molecule has 2 fully saturated rings. The van der Waals surface area contributed by atoms with Gasteiger partial charge in [0.1, 0.15) is 5.01 Å². The highest BCUT2D eigenvalue weighted by Crippen LogP contribution is 2.48. The number of aromatic nitrogens is 1. The van der Waals surface area contributed by atoms with Crippen LogP contribution in [-0.2, 0) is 6.54 Å². The first kappa shape index (κ1) is 11.7. The van der Waals surface area contributed by atoms with Crippen LogP contribution in [0.15, 0.2) is 0 Å². The van der Waals surface area contributed by atoms with E-state index in [0.717, 1.165) is 24.3 Å². The molecule has 2 aliphatic rings. The molecule has 3 rings (SSSR count). The van der Waals surface area contributed by atoms with Gasteiger partial charge < -0.3 is 5.32 Å². The van der Waals surface area contributed by atoms with Crippen molar-refractivity contribution in [1.82, 2.24) is 10.3 Å². The second-order valence-corrected chi connectivity index (χ2v) is 7.01. The molecule has 0 radical (unpaired) electrons. The molecule has 17 heavy (non-hydrogen) atoms. The molecule has 3 heteroatoms. The normalized spacial score (nSPS) is 20.2. The Kier molecular flexibility index (Phi) is 3.22. The zero-order chi connectivity index (χ0) is 11.8. The Morgan fingerprint density at radius 1 is 1.24 bits per heavy atom. The lowest BCUT2D eigenvalue weighted by Gasteiger charge is -2.15. The van der Waals surface area contributed by atoms with Gasteiger partial charge in [0.05, 0.1) is 5.69 Å². The van der Waals surface area contributed by atoms with Crippen LogP contribution in [0.3, 0.4) is 0 Å². The molecule has 0 unspecified atom stereocenters. The van der Waals surface area contributed by atoms with Crippen LogP contribution in [0.5, 0.6) is 0 Å². The largest absolute Gasteiger partial charge is 0.310 e. The molecular weight excluding hydrogens is 228 g/mol. The molecular formula is C14H22N2S. The van der Waals surface area contributed by atoms with E-state index in [9.17, 15) is 0 Å². The maximum atomic E-state index is 4.58. The van der Waals surface area contributed by atoms with Crippen molar-refractivity contribution in [2.24, 2.45) is 17.8 Å². The lowest BCUT2D eigenvalue weighted by atomic mass is 9.98. The lowest BCUT2D eigenvalue weighted by molar-refractivity contribution is 0.378. The zero-order valence-electron chi connectivity index (χ0n) is 10.8. The summed E-state index contributed by atoms with van der Waals surface area (Å²) in [5, 5.41) is 4.89. The number of aryl methyl sites for hydroxylation is 2. The quantitative estimate of drug-likeness (QED) is 0.838. The summed E-state index contributed by atoms with van der Waals surface area (Å²) in [6.07, 6.45) is 5.94. The molecule has 1 aromatic rings. The second-order valence-electron chi connectivity index (χ2n) is 5.72. The highest BCUT2D eigenvalue weighted by Gasteiger charge is 2.40. The molecule has 1 N–H and O–H groups in total. The average Bonchev–Trinajstić information content (AvgIpc) is 3.16. The van der Waals surface area contributed by atoms with Crippen molar-refractivity contribution in [2.75, 3.05) is 6.54 Å². The van der Waals surface area contributed by atoms with Gasteiger partial charge in [0.15, 0.2) is 0 Å². The third-order valence-corrected chi connectivity index (χ3v) is 5.26. The summed E-state index contributed by atoms with van der Waals surface area (Å²) in [5.41, 5.74) is 1.20.